The van der Waals surface area contributed by atoms with Gasteiger partial charge in [0.15, 0.2) is 0 Å². The molecule has 0 bridgehead atoms. The number of ether oxygens (including phenoxy) is 1. The Kier molecular flexibility index (Phi) is 4.44. The number of aromatic amines is 1. The first-order chi connectivity index (χ1) is 8.20. The molecule has 0 unspecified atom stereocenters. The third kappa shape index (κ3) is 3.22. The van der Waals surface area contributed by atoms with Crippen LogP contribution in [0.4, 0.5) is 0 Å². The molecule has 1 N–H and O–H groups in total. The molecule has 0 aromatic carbocycles. The lowest BCUT2D eigenvalue weighted by Crippen LogP contribution is -2.35. The van der Waals surface area contributed by atoms with Gasteiger partial charge >= 0.3 is 0 Å². The van der Waals surface area contributed by atoms with Crippen molar-refractivity contribution in [3.8, 4) is 0 Å². The first-order valence-electron chi connectivity index (χ1n) is 5.91. The van der Waals surface area contributed by atoms with Crippen LogP contribution in [0, 0.1) is 9.49 Å². The summed E-state index contributed by atoms with van der Waals surface area (Å²) in [6.45, 7) is 5.17. The second-order valence-electron chi connectivity index (χ2n) is 4.30. The third-order valence-electron chi connectivity index (χ3n) is 3.05. The predicted octanol–water partition coefficient (Wildman–Crippen LogP) is 2.12. The molecule has 1 aromatic rings. The molecule has 1 fully saturated rings. The van der Waals surface area contributed by atoms with Crippen molar-refractivity contribution in [1.29, 1.82) is 0 Å². The fraction of sp³-hybridized carbons (Fsp3) is 0.583. The second-order valence-corrected chi connectivity index (χ2v) is 5.55. The van der Waals surface area contributed by atoms with Crippen molar-refractivity contribution in [2.45, 2.75) is 13.3 Å². The molecule has 1 saturated heterocycles. The first-order valence-corrected chi connectivity index (χ1v) is 6.99. The van der Waals surface area contributed by atoms with Gasteiger partial charge in [-0.2, -0.15) is 0 Å². The summed E-state index contributed by atoms with van der Waals surface area (Å²) in [5, 5.41) is 0. The van der Waals surface area contributed by atoms with Crippen molar-refractivity contribution >= 4 is 28.5 Å². The molecule has 2 heterocycles. The van der Waals surface area contributed by atoms with Gasteiger partial charge in [0.1, 0.15) is 5.69 Å². The highest BCUT2D eigenvalue weighted by Gasteiger charge is 2.22. The van der Waals surface area contributed by atoms with Crippen LogP contribution in [0.1, 0.15) is 23.8 Å². The number of amides is 1. The van der Waals surface area contributed by atoms with Gasteiger partial charge in [-0.3, -0.25) is 4.79 Å². The van der Waals surface area contributed by atoms with Crippen LogP contribution in [0.3, 0.4) is 0 Å². The summed E-state index contributed by atoms with van der Waals surface area (Å²) in [4.78, 5) is 17.1. The van der Waals surface area contributed by atoms with Gasteiger partial charge in [0.2, 0.25) is 0 Å². The van der Waals surface area contributed by atoms with Crippen LogP contribution in [0.2, 0.25) is 0 Å². The molecule has 0 aliphatic carbocycles. The van der Waals surface area contributed by atoms with E-state index >= 15 is 0 Å². The minimum Gasteiger partial charge on any atom is -0.381 e. The Morgan fingerprint density at radius 2 is 2.53 bits per heavy atom. The van der Waals surface area contributed by atoms with Crippen LogP contribution < -0.4 is 0 Å². The van der Waals surface area contributed by atoms with E-state index in [0.717, 1.165) is 36.3 Å². The number of halogens is 1. The van der Waals surface area contributed by atoms with Crippen LogP contribution in [0.25, 0.3) is 0 Å². The number of hydrogen-bond acceptors (Lipinski definition) is 2. The smallest absolute Gasteiger partial charge is 0.270 e. The van der Waals surface area contributed by atoms with Crippen molar-refractivity contribution in [1.82, 2.24) is 9.88 Å². The molecule has 94 valence electrons. The summed E-state index contributed by atoms with van der Waals surface area (Å²) in [7, 11) is 0. The highest BCUT2D eigenvalue weighted by atomic mass is 127. The zero-order chi connectivity index (χ0) is 12.3. The van der Waals surface area contributed by atoms with Gasteiger partial charge in [-0.25, -0.2) is 0 Å². The highest BCUT2D eigenvalue weighted by Crippen LogP contribution is 2.16. The summed E-state index contributed by atoms with van der Waals surface area (Å²) in [5.74, 6) is 0.579. The normalized spacial score (nSPS) is 19.5. The topological polar surface area (TPSA) is 45.3 Å². The fourth-order valence-corrected chi connectivity index (χ4v) is 2.52. The van der Waals surface area contributed by atoms with E-state index in [9.17, 15) is 4.79 Å². The van der Waals surface area contributed by atoms with Gasteiger partial charge < -0.3 is 14.6 Å². The minimum absolute atomic E-state index is 0.0855. The van der Waals surface area contributed by atoms with Crippen molar-refractivity contribution in [3.05, 3.63) is 21.5 Å². The average Bonchev–Trinajstić information content (AvgIpc) is 2.96. The largest absolute Gasteiger partial charge is 0.381 e. The molecule has 1 atom stereocenters. The van der Waals surface area contributed by atoms with Crippen LogP contribution in [-0.4, -0.2) is 42.1 Å². The Balaban J connectivity index is 1.99. The number of nitrogens with zero attached hydrogens (tertiary/aromatic N) is 1. The number of carbonyl (C=O) groups is 1. The van der Waals surface area contributed by atoms with Gasteiger partial charge in [0, 0.05) is 35.4 Å². The van der Waals surface area contributed by atoms with Gasteiger partial charge in [0.25, 0.3) is 5.91 Å². The maximum absolute atomic E-state index is 12.2. The molecule has 0 spiro atoms. The number of aromatic nitrogens is 1. The zero-order valence-corrected chi connectivity index (χ0v) is 12.1. The molecule has 5 heteroatoms. The number of nitrogens with one attached hydrogen (secondary N) is 1. The van der Waals surface area contributed by atoms with E-state index in [-0.39, 0.29) is 5.91 Å². The van der Waals surface area contributed by atoms with E-state index in [1.54, 1.807) is 0 Å². The Morgan fingerprint density at radius 3 is 3.06 bits per heavy atom. The summed E-state index contributed by atoms with van der Waals surface area (Å²) >= 11 is 2.20. The molecular weight excluding hydrogens is 331 g/mol. The molecule has 4 nitrogen and oxygen atoms in total. The van der Waals surface area contributed by atoms with Crippen molar-refractivity contribution < 1.29 is 9.53 Å². The summed E-state index contributed by atoms with van der Waals surface area (Å²) in [5.41, 5.74) is 0.676. The summed E-state index contributed by atoms with van der Waals surface area (Å²) in [6.07, 6.45) is 2.91. The summed E-state index contributed by atoms with van der Waals surface area (Å²) < 4.78 is 6.41. The molecule has 0 saturated carbocycles. The molecule has 1 aliphatic rings. The quantitative estimate of drug-likeness (QED) is 0.848. The number of rotatable bonds is 4. The van der Waals surface area contributed by atoms with Crippen molar-refractivity contribution in [2.24, 2.45) is 5.92 Å². The van der Waals surface area contributed by atoms with E-state index in [0.29, 0.717) is 11.6 Å². The van der Waals surface area contributed by atoms with Gasteiger partial charge in [-0.1, -0.05) is 0 Å². The maximum Gasteiger partial charge on any atom is 0.270 e. The van der Waals surface area contributed by atoms with E-state index in [1.165, 1.54) is 0 Å². The van der Waals surface area contributed by atoms with Crippen LogP contribution in [0.5, 0.6) is 0 Å². The maximum atomic E-state index is 12.2. The molecule has 1 amide bonds. The average molecular weight is 348 g/mol. The first kappa shape index (κ1) is 12.9. The molecule has 1 aliphatic heterocycles. The van der Waals surface area contributed by atoms with Crippen molar-refractivity contribution in [3.63, 3.8) is 0 Å². The molecule has 1 aromatic heterocycles. The van der Waals surface area contributed by atoms with Gasteiger partial charge in [-0.15, -0.1) is 0 Å². The monoisotopic (exact) mass is 348 g/mol. The van der Waals surface area contributed by atoms with Crippen LogP contribution in [0.15, 0.2) is 12.3 Å². The van der Waals surface area contributed by atoms with Crippen LogP contribution in [-0.2, 0) is 4.74 Å². The Labute approximate surface area is 115 Å². The van der Waals surface area contributed by atoms with E-state index < -0.39 is 0 Å². The molecule has 17 heavy (non-hydrogen) atoms. The summed E-state index contributed by atoms with van der Waals surface area (Å²) in [6, 6.07) is 1.89. The highest BCUT2D eigenvalue weighted by molar-refractivity contribution is 14.1. The number of H-pyrrole nitrogens is 1. The molecular formula is C12H17IN2O2. The van der Waals surface area contributed by atoms with E-state index in [4.69, 9.17) is 4.74 Å². The standard InChI is InChI=1S/C12H17IN2O2/c1-2-15(7-9-3-4-17-8-9)12(16)11-5-10(13)6-14-11/h5-6,9,14H,2-4,7-8H2,1H3/t9-/m0/s1. The molecule has 0 radical (unpaired) electrons. The van der Waals surface area contributed by atoms with Crippen LogP contribution >= 0.6 is 22.6 Å². The lowest BCUT2D eigenvalue weighted by molar-refractivity contribution is 0.0725. The van der Waals surface area contributed by atoms with Crippen molar-refractivity contribution in [2.75, 3.05) is 26.3 Å². The zero-order valence-electron chi connectivity index (χ0n) is 9.91. The van der Waals surface area contributed by atoms with Gasteiger partial charge in [0.05, 0.1) is 6.61 Å². The van der Waals surface area contributed by atoms with E-state index in [2.05, 4.69) is 27.6 Å². The lowest BCUT2D eigenvalue weighted by Gasteiger charge is -2.23. The van der Waals surface area contributed by atoms with E-state index in [1.807, 2.05) is 24.1 Å². The Hall–Kier alpha value is -0.560. The number of hydrogen-bond donors (Lipinski definition) is 1. The Morgan fingerprint density at radius 1 is 1.71 bits per heavy atom. The van der Waals surface area contributed by atoms with Gasteiger partial charge in [-0.05, 0) is 42.0 Å². The Bertz CT molecular complexity index is 386. The SMILES string of the molecule is CCN(C[C@@H]1CCOC1)C(=O)c1cc(I)c[nH]1. The fourth-order valence-electron chi connectivity index (χ4n) is 2.06. The number of carbonyl (C=O) groups excluding carboxylic acids is 1. The second kappa shape index (κ2) is 5.86. The minimum atomic E-state index is 0.0855. The molecule has 2 rings (SSSR count). The predicted molar refractivity (Wildman–Crippen MR) is 74.0 cm³/mol. The third-order valence-corrected chi connectivity index (χ3v) is 3.67. The lowest BCUT2D eigenvalue weighted by atomic mass is 10.1.